The Morgan fingerprint density at radius 3 is 1.90 bits per heavy atom. The third kappa shape index (κ3) is 7.70. The highest BCUT2D eigenvalue weighted by Gasteiger charge is 2.36. The number of hydrogen-bond donors (Lipinski definition) is 2. The van der Waals surface area contributed by atoms with Crippen LogP contribution in [-0.4, -0.2) is 41.5 Å². The fourth-order valence-corrected chi connectivity index (χ4v) is 4.59. The first kappa shape index (κ1) is 30.4. The third-order valence-corrected chi connectivity index (χ3v) is 6.79. The Morgan fingerprint density at radius 2 is 1.43 bits per heavy atom. The second kappa shape index (κ2) is 15.4. The third-order valence-electron chi connectivity index (χ3n) is 6.79. The molecule has 3 rings (SSSR count). The molecular weight excluding hydrogens is 500 g/mol. The largest absolute Gasteiger partial charge is 0.483 e. The van der Waals surface area contributed by atoms with Gasteiger partial charge in [-0.05, 0) is 36.5 Å². The van der Waals surface area contributed by atoms with Crippen LogP contribution in [0.3, 0.4) is 0 Å². The van der Waals surface area contributed by atoms with Crippen LogP contribution >= 0.6 is 0 Å². The van der Waals surface area contributed by atoms with E-state index in [1.165, 1.54) is 11.1 Å². The van der Waals surface area contributed by atoms with E-state index < -0.39 is 23.8 Å². The number of carbonyl (C=O) groups is 2. The van der Waals surface area contributed by atoms with Gasteiger partial charge in [-0.1, -0.05) is 110 Å². The molecule has 210 valence electrons. The maximum Gasteiger partial charge on any atom is 0.259 e. The van der Waals surface area contributed by atoms with Gasteiger partial charge in [-0.2, -0.15) is 0 Å². The molecule has 1 atom stereocenters. The van der Waals surface area contributed by atoms with Crippen LogP contribution in [0, 0.1) is 0 Å². The van der Waals surface area contributed by atoms with Gasteiger partial charge >= 0.3 is 0 Å². The van der Waals surface area contributed by atoms with Crippen molar-refractivity contribution in [2.45, 2.75) is 52.4 Å². The number of amides is 1. The molecule has 0 saturated heterocycles. The van der Waals surface area contributed by atoms with Gasteiger partial charge in [0.15, 0.2) is 5.76 Å². The highest BCUT2D eigenvalue weighted by atomic mass is 16.5. The number of rotatable bonds is 14. The predicted molar refractivity (Wildman–Crippen MR) is 159 cm³/mol. The van der Waals surface area contributed by atoms with Gasteiger partial charge in [-0.15, -0.1) is 0 Å². The summed E-state index contributed by atoms with van der Waals surface area (Å²) in [5, 5.41) is 14.7. The first-order valence-corrected chi connectivity index (χ1v) is 13.8. The zero-order valence-electron chi connectivity index (χ0n) is 23.8. The molecule has 1 amide bonds. The normalized spacial score (nSPS) is 12.9. The highest BCUT2D eigenvalue weighted by molar-refractivity contribution is 6.25. The average molecular weight is 541 g/mol. The van der Waals surface area contributed by atoms with Crippen LogP contribution in [0.25, 0.3) is 0 Å². The summed E-state index contributed by atoms with van der Waals surface area (Å²) in [6.45, 7) is 6.08. The predicted octanol–water partition coefficient (Wildman–Crippen LogP) is 5.95. The Balaban J connectivity index is 2.00. The van der Waals surface area contributed by atoms with Crippen molar-refractivity contribution >= 4 is 11.7 Å². The van der Waals surface area contributed by atoms with Crippen molar-refractivity contribution in [2.24, 2.45) is 0 Å². The number of allylic oxidation sites excluding steroid dienone is 2. The van der Waals surface area contributed by atoms with E-state index in [1.54, 1.807) is 14.0 Å². The number of nitrogens with zero attached hydrogens (tertiary/aromatic N) is 1. The van der Waals surface area contributed by atoms with Crippen molar-refractivity contribution in [3.05, 3.63) is 131 Å². The quantitative estimate of drug-likeness (QED) is 0.0869. The molecular formula is C34H40N2O4. The van der Waals surface area contributed by atoms with Crippen molar-refractivity contribution in [3.8, 4) is 0 Å². The highest BCUT2D eigenvalue weighted by Crippen LogP contribution is 2.31. The molecule has 1 unspecified atom stereocenters. The number of Topliss-reactive ketones (excluding diaryl/α,β-unsaturated/α-hetero) is 1. The molecule has 0 aliphatic carbocycles. The molecule has 6 heteroatoms. The molecule has 0 aromatic heterocycles. The fraction of sp³-hybridized carbons (Fsp3) is 0.294. The summed E-state index contributed by atoms with van der Waals surface area (Å²) in [4.78, 5) is 29.6. The topological polar surface area (TPSA) is 78.9 Å². The van der Waals surface area contributed by atoms with Crippen LogP contribution in [0.15, 0.2) is 114 Å². The molecule has 0 aliphatic heterocycles. The molecule has 0 radical (unpaired) electrons. The number of nitrogens with one attached hydrogen (secondary N) is 1. The van der Waals surface area contributed by atoms with E-state index >= 15 is 0 Å². The molecule has 6 nitrogen and oxygen atoms in total. The minimum atomic E-state index is -1.20. The van der Waals surface area contributed by atoms with Crippen molar-refractivity contribution < 1.29 is 19.4 Å². The van der Waals surface area contributed by atoms with Crippen LogP contribution in [0.4, 0.5) is 0 Å². The molecule has 0 spiro atoms. The smallest absolute Gasteiger partial charge is 0.259 e. The first-order chi connectivity index (χ1) is 19.4. The number of ether oxygens (including phenoxy) is 1. The summed E-state index contributed by atoms with van der Waals surface area (Å²) in [5.74, 6) is -1.49. The monoisotopic (exact) mass is 540 g/mol. The van der Waals surface area contributed by atoms with E-state index in [9.17, 15) is 14.7 Å². The van der Waals surface area contributed by atoms with E-state index in [-0.39, 0.29) is 24.5 Å². The molecule has 0 aliphatic rings. The first-order valence-electron chi connectivity index (χ1n) is 13.8. The van der Waals surface area contributed by atoms with Crippen molar-refractivity contribution in [1.29, 1.82) is 0 Å². The van der Waals surface area contributed by atoms with Gasteiger partial charge in [0, 0.05) is 19.8 Å². The summed E-state index contributed by atoms with van der Waals surface area (Å²) in [7, 11) is 1.68. The van der Waals surface area contributed by atoms with Gasteiger partial charge in [0.05, 0.1) is 11.5 Å². The van der Waals surface area contributed by atoms with Crippen LogP contribution in [0.1, 0.15) is 56.2 Å². The summed E-state index contributed by atoms with van der Waals surface area (Å²) in [6, 6.07) is 28.8. The second-order valence-corrected chi connectivity index (χ2v) is 9.62. The van der Waals surface area contributed by atoms with Gasteiger partial charge in [0.1, 0.15) is 12.8 Å². The van der Waals surface area contributed by atoms with Crippen molar-refractivity contribution in [1.82, 2.24) is 10.2 Å². The summed E-state index contributed by atoms with van der Waals surface area (Å²) in [6.07, 6.45) is 1.37. The lowest BCUT2D eigenvalue weighted by molar-refractivity contribution is -0.139. The fourth-order valence-electron chi connectivity index (χ4n) is 4.59. The van der Waals surface area contributed by atoms with Gasteiger partial charge in [-0.25, -0.2) is 0 Å². The molecule has 0 fully saturated rings. The van der Waals surface area contributed by atoms with E-state index in [4.69, 9.17) is 4.74 Å². The van der Waals surface area contributed by atoms with Gasteiger partial charge in [0.25, 0.3) is 5.91 Å². The number of hydrogen-bond acceptors (Lipinski definition) is 5. The van der Waals surface area contributed by atoms with Crippen LogP contribution < -0.4 is 5.32 Å². The molecule has 0 bridgehead atoms. The Kier molecular flexibility index (Phi) is 11.7. The van der Waals surface area contributed by atoms with E-state index in [0.29, 0.717) is 18.4 Å². The maximum absolute atomic E-state index is 14.3. The van der Waals surface area contributed by atoms with Crippen molar-refractivity contribution in [3.63, 3.8) is 0 Å². The SMILES string of the molecule is CCCN(C(=O)/C(C(=O)/C(=C\NC)OCc1ccccc1)=C(/C)CC)C(O)C(c1ccccc1)c1ccccc1. The van der Waals surface area contributed by atoms with Gasteiger partial charge in [0.2, 0.25) is 5.78 Å². The number of aliphatic hydroxyl groups is 1. The second-order valence-electron chi connectivity index (χ2n) is 9.62. The summed E-state index contributed by atoms with van der Waals surface area (Å²) < 4.78 is 5.92. The minimum Gasteiger partial charge on any atom is -0.483 e. The molecule has 0 saturated carbocycles. The van der Waals surface area contributed by atoms with Crippen LogP contribution in [-0.2, 0) is 20.9 Å². The number of ketones is 1. The lowest BCUT2D eigenvalue weighted by Crippen LogP contribution is -2.46. The molecule has 2 N–H and O–H groups in total. The lowest BCUT2D eigenvalue weighted by Gasteiger charge is -2.35. The van der Waals surface area contributed by atoms with E-state index in [0.717, 1.165) is 16.7 Å². The standard InChI is InChI=1S/C34H40N2O4/c1-5-22-36(34(39)31(27-18-12-8-13-19-27)28-20-14-9-15-21-28)33(38)30(25(3)6-2)32(37)29(23-35-4)40-24-26-16-10-7-11-17-26/h7-21,23,31,34-35,39H,5-6,22,24H2,1-4H3/b29-23+,30-25-. The average Bonchev–Trinajstić information content (AvgIpc) is 2.99. The van der Waals surface area contributed by atoms with E-state index in [2.05, 4.69) is 5.32 Å². The van der Waals surface area contributed by atoms with Crippen LogP contribution in [0.2, 0.25) is 0 Å². The molecule has 3 aromatic carbocycles. The van der Waals surface area contributed by atoms with E-state index in [1.807, 2.05) is 105 Å². The Bertz CT molecular complexity index is 1250. The zero-order chi connectivity index (χ0) is 28.9. The summed E-state index contributed by atoms with van der Waals surface area (Å²) >= 11 is 0. The Morgan fingerprint density at radius 1 is 0.900 bits per heavy atom. The molecule has 0 heterocycles. The minimum absolute atomic E-state index is 0.0180. The van der Waals surface area contributed by atoms with Crippen molar-refractivity contribution in [2.75, 3.05) is 13.6 Å². The number of carbonyl (C=O) groups excluding carboxylic acids is 2. The van der Waals surface area contributed by atoms with Crippen LogP contribution in [0.5, 0.6) is 0 Å². The Labute approximate surface area is 238 Å². The number of aliphatic hydroxyl groups excluding tert-OH is 1. The van der Waals surface area contributed by atoms with Gasteiger partial charge in [-0.3, -0.25) is 9.59 Å². The zero-order valence-corrected chi connectivity index (χ0v) is 23.8. The lowest BCUT2D eigenvalue weighted by atomic mass is 9.88. The maximum atomic E-state index is 14.3. The Hall–Kier alpha value is -4.16. The summed E-state index contributed by atoms with van der Waals surface area (Å²) in [5.41, 5.74) is 3.30. The number of benzene rings is 3. The molecule has 3 aromatic rings. The molecule has 40 heavy (non-hydrogen) atoms. The van der Waals surface area contributed by atoms with Gasteiger partial charge < -0.3 is 20.1 Å².